The quantitative estimate of drug-likeness (QED) is 0.544. The van der Waals surface area contributed by atoms with E-state index in [-0.39, 0.29) is 12.1 Å². The Bertz CT molecular complexity index is 131. The highest BCUT2D eigenvalue weighted by Gasteiger charge is 2.23. The highest BCUT2D eigenvalue weighted by Crippen LogP contribution is 2.16. The van der Waals surface area contributed by atoms with Crippen LogP contribution in [0.15, 0.2) is 0 Å². The van der Waals surface area contributed by atoms with Crippen molar-refractivity contribution in [1.82, 2.24) is 0 Å². The Kier molecular flexibility index (Phi) is 2.27. The van der Waals surface area contributed by atoms with Gasteiger partial charge in [0.05, 0.1) is 6.10 Å². The summed E-state index contributed by atoms with van der Waals surface area (Å²) in [7, 11) is 0. The first-order valence-electron chi connectivity index (χ1n) is 3.57. The second kappa shape index (κ2) is 3.01. The Morgan fingerprint density at radius 1 is 1.80 bits per heavy atom. The number of rotatable bonds is 1. The molecular weight excluding hydrogens is 132 g/mol. The van der Waals surface area contributed by atoms with Crippen molar-refractivity contribution in [3.63, 3.8) is 0 Å². The average molecular weight is 144 g/mol. The number of carbonyl (C=O) groups excluding carboxylic acids is 1. The third-order valence-corrected chi connectivity index (χ3v) is 1.69. The molecule has 0 radical (unpaired) electrons. The molecule has 0 spiro atoms. The zero-order valence-corrected chi connectivity index (χ0v) is 6.04. The fourth-order valence-electron chi connectivity index (χ4n) is 1.07. The minimum Gasteiger partial charge on any atom is -0.460 e. The SMILES string of the molecule is C[C@@H](O)[C@@H]1CCCC(=O)O1. The van der Waals surface area contributed by atoms with E-state index in [1.54, 1.807) is 6.92 Å². The molecule has 1 heterocycles. The van der Waals surface area contributed by atoms with Crippen molar-refractivity contribution in [1.29, 1.82) is 0 Å². The molecule has 0 aromatic carbocycles. The van der Waals surface area contributed by atoms with E-state index in [0.717, 1.165) is 12.8 Å². The lowest BCUT2D eigenvalue weighted by Gasteiger charge is -2.24. The molecule has 1 saturated heterocycles. The summed E-state index contributed by atoms with van der Waals surface area (Å²) in [6.07, 6.45) is 1.35. The molecule has 3 heteroatoms. The first-order valence-corrected chi connectivity index (χ1v) is 3.57. The lowest BCUT2D eigenvalue weighted by Crippen LogP contribution is -2.32. The molecule has 10 heavy (non-hydrogen) atoms. The Morgan fingerprint density at radius 3 is 2.90 bits per heavy atom. The van der Waals surface area contributed by atoms with Gasteiger partial charge in [0.25, 0.3) is 0 Å². The van der Waals surface area contributed by atoms with Gasteiger partial charge in [0, 0.05) is 6.42 Å². The van der Waals surface area contributed by atoms with Crippen molar-refractivity contribution in [2.75, 3.05) is 0 Å². The standard InChI is InChI=1S/C7H12O3/c1-5(8)6-3-2-4-7(9)10-6/h5-6,8H,2-4H2,1H3/t5-,6+/m1/s1. The number of carbonyl (C=O) groups is 1. The van der Waals surface area contributed by atoms with Crippen molar-refractivity contribution in [2.45, 2.75) is 38.4 Å². The third kappa shape index (κ3) is 1.70. The van der Waals surface area contributed by atoms with E-state index < -0.39 is 6.10 Å². The van der Waals surface area contributed by atoms with Gasteiger partial charge >= 0.3 is 5.97 Å². The van der Waals surface area contributed by atoms with Gasteiger partial charge in [-0.2, -0.15) is 0 Å². The van der Waals surface area contributed by atoms with E-state index in [1.165, 1.54) is 0 Å². The van der Waals surface area contributed by atoms with Crippen molar-refractivity contribution < 1.29 is 14.6 Å². The van der Waals surface area contributed by atoms with Gasteiger partial charge in [-0.25, -0.2) is 0 Å². The Labute approximate surface area is 60.0 Å². The number of ether oxygens (including phenoxy) is 1. The maximum atomic E-state index is 10.6. The lowest BCUT2D eigenvalue weighted by molar-refractivity contribution is -0.160. The first-order chi connectivity index (χ1) is 4.70. The van der Waals surface area contributed by atoms with E-state index in [2.05, 4.69) is 0 Å². The van der Waals surface area contributed by atoms with Crippen LogP contribution in [0.25, 0.3) is 0 Å². The molecule has 0 aromatic rings. The third-order valence-electron chi connectivity index (χ3n) is 1.69. The van der Waals surface area contributed by atoms with E-state index in [9.17, 15) is 4.79 Å². The molecule has 1 N–H and O–H groups in total. The van der Waals surface area contributed by atoms with E-state index in [1.807, 2.05) is 0 Å². The van der Waals surface area contributed by atoms with E-state index in [4.69, 9.17) is 9.84 Å². The summed E-state index contributed by atoms with van der Waals surface area (Å²) in [6.45, 7) is 1.64. The summed E-state index contributed by atoms with van der Waals surface area (Å²) < 4.78 is 4.86. The van der Waals surface area contributed by atoms with Gasteiger partial charge in [-0.1, -0.05) is 0 Å². The normalized spacial score (nSPS) is 29.4. The van der Waals surface area contributed by atoms with Crippen LogP contribution in [0.5, 0.6) is 0 Å². The minimum absolute atomic E-state index is 0.183. The summed E-state index contributed by atoms with van der Waals surface area (Å²) in [4.78, 5) is 10.6. The zero-order chi connectivity index (χ0) is 7.56. The van der Waals surface area contributed by atoms with Crippen LogP contribution in [0.2, 0.25) is 0 Å². The molecule has 2 atom stereocenters. The summed E-state index contributed by atoms with van der Waals surface area (Å²) >= 11 is 0. The molecule has 0 unspecified atom stereocenters. The average Bonchev–Trinajstić information content (AvgIpc) is 1.88. The summed E-state index contributed by atoms with van der Waals surface area (Å²) in [5.74, 6) is -0.183. The predicted molar refractivity (Wildman–Crippen MR) is 35.4 cm³/mol. The Balaban J connectivity index is 2.39. The number of aliphatic hydroxyl groups is 1. The summed E-state index contributed by atoms with van der Waals surface area (Å²) in [5, 5.41) is 9.02. The van der Waals surface area contributed by atoms with Gasteiger partial charge in [-0.05, 0) is 19.8 Å². The monoisotopic (exact) mass is 144 g/mol. The number of cyclic esters (lactones) is 1. The Morgan fingerprint density at radius 2 is 2.50 bits per heavy atom. The summed E-state index contributed by atoms with van der Waals surface area (Å²) in [6, 6.07) is 0. The van der Waals surface area contributed by atoms with Gasteiger partial charge in [-0.15, -0.1) is 0 Å². The fourth-order valence-corrected chi connectivity index (χ4v) is 1.07. The van der Waals surface area contributed by atoms with Gasteiger partial charge in [0.1, 0.15) is 6.10 Å². The van der Waals surface area contributed by atoms with Crippen LogP contribution in [0.1, 0.15) is 26.2 Å². The molecule has 0 amide bonds. The van der Waals surface area contributed by atoms with Crippen LogP contribution in [0, 0.1) is 0 Å². The lowest BCUT2D eigenvalue weighted by atomic mass is 10.1. The second-order valence-corrected chi connectivity index (χ2v) is 2.66. The first kappa shape index (κ1) is 7.54. The van der Waals surface area contributed by atoms with Crippen molar-refractivity contribution >= 4 is 5.97 Å². The highest BCUT2D eigenvalue weighted by atomic mass is 16.6. The smallest absolute Gasteiger partial charge is 0.306 e. The van der Waals surface area contributed by atoms with Crippen LogP contribution in [0.3, 0.4) is 0 Å². The minimum atomic E-state index is -0.524. The molecular formula is C7H12O3. The van der Waals surface area contributed by atoms with Crippen LogP contribution in [-0.4, -0.2) is 23.3 Å². The highest BCUT2D eigenvalue weighted by molar-refractivity contribution is 5.70. The van der Waals surface area contributed by atoms with Gasteiger partial charge < -0.3 is 9.84 Å². The van der Waals surface area contributed by atoms with Crippen molar-refractivity contribution in [3.8, 4) is 0 Å². The van der Waals surface area contributed by atoms with Crippen molar-refractivity contribution in [2.24, 2.45) is 0 Å². The molecule has 1 fully saturated rings. The molecule has 58 valence electrons. The topological polar surface area (TPSA) is 46.5 Å². The second-order valence-electron chi connectivity index (χ2n) is 2.66. The molecule has 0 bridgehead atoms. The molecule has 3 nitrogen and oxygen atoms in total. The maximum Gasteiger partial charge on any atom is 0.306 e. The molecule has 1 aliphatic heterocycles. The zero-order valence-electron chi connectivity index (χ0n) is 6.04. The Hall–Kier alpha value is -0.570. The van der Waals surface area contributed by atoms with Crippen LogP contribution >= 0.6 is 0 Å². The summed E-state index contributed by atoms with van der Waals surface area (Å²) in [5.41, 5.74) is 0. The molecule has 0 aliphatic carbocycles. The maximum absolute atomic E-state index is 10.6. The van der Waals surface area contributed by atoms with Crippen molar-refractivity contribution in [3.05, 3.63) is 0 Å². The number of esters is 1. The van der Waals surface area contributed by atoms with Crippen LogP contribution in [-0.2, 0) is 9.53 Å². The van der Waals surface area contributed by atoms with Crippen LogP contribution < -0.4 is 0 Å². The molecule has 1 rings (SSSR count). The predicted octanol–water partition coefficient (Wildman–Crippen LogP) is 0.463. The number of hydrogen-bond donors (Lipinski definition) is 1. The van der Waals surface area contributed by atoms with E-state index in [0.29, 0.717) is 6.42 Å². The largest absolute Gasteiger partial charge is 0.460 e. The van der Waals surface area contributed by atoms with E-state index >= 15 is 0 Å². The van der Waals surface area contributed by atoms with Gasteiger partial charge in [0.15, 0.2) is 0 Å². The molecule has 0 aromatic heterocycles. The number of hydrogen-bond acceptors (Lipinski definition) is 3. The number of aliphatic hydroxyl groups excluding tert-OH is 1. The molecule has 0 saturated carbocycles. The molecule has 1 aliphatic rings. The van der Waals surface area contributed by atoms with Gasteiger partial charge in [-0.3, -0.25) is 4.79 Å². The van der Waals surface area contributed by atoms with Gasteiger partial charge in [0.2, 0.25) is 0 Å². The van der Waals surface area contributed by atoms with Crippen LogP contribution in [0.4, 0.5) is 0 Å². The fraction of sp³-hybridized carbons (Fsp3) is 0.857.